The van der Waals surface area contributed by atoms with Crippen LogP contribution < -0.4 is 16.4 Å². The van der Waals surface area contributed by atoms with Crippen molar-refractivity contribution < 1.29 is 4.79 Å². The van der Waals surface area contributed by atoms with Crippen molar-refractivity contribution in [2.75, 3.05) is 18.0 Å². The molecule has 2 rings (SSSR count). The molecule has 1 aromatic heterocycles. The summed E-state index contributed by atoms with van der Waals surface area (Å²) in [4.78, 5) is 17.6. The zero-order valence-corrected chi connectivity index (χ0v) is 10.0. The Morgan fingerprint density at radius 1 is 1.65 bits per heavy atom. The summed E-state index contributed by atoms with van der Waals surface area (Å²) >= 11 is 0. The van der Waals surface area contributed by atoms with Gasteiger partial charge in [-0.1, -0.05) is 0 Å². The summed E-state index contributed by atoms with van der Waals surface area (Å²) in [6.45, 7) is 3.96. The van der Waals surface area contributed by atoms with E-state index in [1.807, 2.05) is 13.0 Å². The van der Waals surface area contributed by atoms with Crippen LogP contribution in [0.4, 0.5) is 5.82 Å². The molecule has 5 heteroatoms. The molecule has 1 atom stereocenters. The summed E-state index contributed by atoms with van der Waals surface area (Å²) in [5.74, 6) is 0.605. The molecule has 0 aliphatic carbocycles. The zero-order valence-electron chi connectivity index (χ0n) is 10.0. The molecule has 0 aromatic carbocycles. The van der Waals surface area contributed by atoms with Crippen LogP contribution in [0.2, 0.25) is 0 Å². The first-order valence-corrected chi connectivity index (χ1v) is 5.82. The Balaban J connectivity index is 2.24. The fraction of sp³-hybridized carbons (Fsp3) is 0.500. The van der Waals surface area contributed by atoms with Crippen molar-refractivity contribution in [3.63, 3.8) is 0 Å². The van der Waals surface area contributed by atoms with Crippen LogP contribution >= 0.6 is 0 Å². The molecule has 2 heterocycles. The first-order chi connectivity index (χ1) is 8.13. The molecule has 5 nitrogen and oxygen atoms in total. The van der Waals surface area contributed by atoms with E-state index in [0.29, 0.717) is 13.1 Å². The van der Waals surface area contributed by atoms with Crippen molar-refractivity contribution in [2.45, 2.75) is 19.9 Å². The van der Waals surface area contributed by atoms with Crippen molar-refractivity contribution in [2.24, 2.45) is 17.4 Å². The lowest BCUT2D eigenvalue weighted by atomic mass is 10.1. The Labute approximate surface area is 101 Å². The second kappa shape index (κ2) is 4.71. The molecular weight excluding hydrogens is 216 g/mol. The lowest BCUT2D eigenvalue weighted by Crippen LogP contribution is -2.28. The number of aryl methyl sites for hydroxylation is 1. The van der Waals surface area contributed by atoms with Gasteiger partial charge >= 0.3 is 0 Å². The minimum absolute atomic E-state index is 0.0667. The first kappa shape index (κ1) is 11.9. The molecule has 1 aromatic rings. The monoisotopic (exact) mass is 234 g/mol. The van der Waals surface area contributed by atoms with Gasteiger partial charge in [-0.25, -0.2) is 4.98 Å². The van der Waals surface area contributed by atoms with Gasteiger partial charge in [0, 0.05) is 31.4 Å². The number of hydrogen-bond acceptors (Lipinski definition) is 4. The van der Waals surface area contributed by atoms with Gasteiger partial charge in [-0.05, 0) is 25.0 Å². The molecule has 1 aliphatic rings. The average Bonchev–Trinajstić information content (AvgIpc) is 2.77. The SMILES string of the molecule is Cc1ccnc(N2CCC(C(N)=O)C2)c1CN. The number of rotatable bonds is 3. The molecule has 1 unspecified atom stereocenters. The fourth-order valence-corrected chi connectivity index (χ4v) is 2.28. The predicted molar refractivity (Wildman–Crippen MR) is 66.4 cm³/mol. The Kier molecular flexibility index (Phi) is 3.28. The van der Waals surface area contributed by atoms with Gasteiger partial charge in [0.15, 0.2) is 0 Å². The summed E-state index contributed by atoms with van der Waals surface area (Å²) in [7, 11) is 0. The van der Waals surface area contributed by atoms with Crippen molar-refractivity contribution in [3.05, 3.63) is 23.4 Å². The average molecular weight is 234 g/mol. The fourth-order valence-electron chi connectivity index (χ4n) is 2.28. The number of nitrogens with two attached hydrogens (primary N) is 2. The van der Waals surface area contributed by atoms with E-state index in [2.05, 4.69) is 9.88 Å². The molecule has 17 heavy (non-hydrogen) atoms. The molecule has 1 amide bonds. The molecule has 0 bridgehead atoms. The van der Waals surface area contributed by atoms with Gasteiger partial charge < -0.3 is 16.4 Å². The van der Waals surface area contributed by atoms with Crippen LogP contribution in [-0.2, 0) is 11.3 Å². The number of nitrogens with zero attached hydrogens (tertiary/aromatic N) is 2. The van der Waals surface area contributed by atoms with Crippen molar-refractivity contribution in [1.82, 2.24) is 4.98 Å². The van der Waals surface area contributed by atoms with E-state index in [9.17, 15) is 4.79 Å². The zero-order chi connectivity index (χ0) is 12.4. The number of amides is 1. The van der Waals surface area contributed by atoms with Crippen LogP contribution in [0.25, 0.3) is 0 Å². The quantitative estimate of drug-likeness (QED) is 0.780. The standard InChI is InChI=1S/C12H18N4O/c1-8-2-4-15-12(10(8)6-13)16-5-3-9(7-16)11(14)17/h2,4,9H,3,5-7,13H2,1H3,(H2,14,17). The Bertz CT molecular complexity index is 433. The number of aromatic nitrogens is 1. The lowest BCUT2D eigenvalue weighted by Gasteiger charge is -2.21. The highest BCUT2D eigenvalue weighted by molar-refractivity contribution is 5.78. The molecule has 1 saturated heterocycles. The van der Waals surface area contributed by atoms with E-state index in [4.69, 9.17) is 11.5 Å². The minimum atomic E-state index is -0.227. The summed E-state index contributed by atoms with van der Waals surface area (Å²) in [6, 6.07) is 1.95. The van der Waals surface area contributed by atoms with E-state index in [0.717, 1.165) is 29.9 Å². The van der Waals surface area contributed by atoms with E-state index in [1.54, 1.807) is 6.20 Å². The maximum Gasteiger partial charge on any atom is 0.222 e. The van der Waals surface area contributed by atoms with Crippen molar-refractivity contribution >= 4 is 11.7 Å². The Hall–Kier alpha value is -1.62. The third kappa shape index (κ3) is 2.24. The van der Waals surface area contributed by atoms with Crippen LogP contribution in [0.3, 0.4) is 0 Å². The van der Waals surface area contributed by atoms with E-state index < -0.39 is 0 Å². The number of anilines is 1. The maximum atomic E-state index is 11.2. The number of carbonyl (C=O) groups is 1. The van der Waals surface area contributed by atoms with Gasteiger partial charge in [-0.15, -0.1) is 0 Å². The van der Waals surface area contributed by atoms with E-state index in [-0.39, 0.29) is 11.8 Å². The summed E-state index contributed by atoms with van der Waals surface area (Å²) < 4.78 is 0. The van der Waals surface area contributed by atoms with Crippen molar-refractivity contribution in [1.29, 1.82) is 0 Å². The molecule has 0 spiro atoms. The molecule has 1 aliphatic heterocycles. The topological polar surface area (TPSA) is 85.2 Å². The van der Waals surface area contributed by atoms with Gasteiger partial charge in [-0.3, -0.25) is 4.79 Å². The van der Waals surface area contributed by atoms with Crippen LogP contribution in [0.1, 0.15) is 17.5 Å². The van der Waals surface area contributed by atoms with Crippen LogP contribution in [0.15, 0.2) is 12.3 Å². The highest BCUT2D eigenvalue weighted by Crippen LogP contribution is 2.26. The molecule has 4 N–H and O–H groups in total. The molecule has 1 fully saturated rings. The second-order valence-corrected chi connectivity index (χ2v) is 4.47. The van der Waals surface area contributed by atoms with Crippen molar-refractivity contribution in [3.8, 4) is 0 Å². The first-order valence-electron chi connectivity index (χ1n) is 5.82. The normalized spacial score (nSPS) is 19.6. The van der Waals surface area contributed by atoms with E-state index in [1.165, 1.54) is 0 Å². The molecule has 0 radical (unpaired) electrons. The molecule has 92 valence electrons. The van der Waals surface area contributed by atoms with Gasteiger partial charge in [0.05, 0.1) is 5.92 Å². The third-order valence-electron chi connectivity index (χ3n) is 3.36. The number of hydrogen-bond donors (Lipinski definition) is 2. The van der Waals surface area contributed by atoms with Crippen LogP contribution in [0.5, 0.6) is 0 Å². The number of pyridine rings is 1. The second-order valence-electron chi connectivity index (χ2n) is 4.47. The summed E-state index contributed by atoms with van der Waals surface area (Å²) in [6.07, 6.45) is 2.58. The Morgan fingerprint density at radius 3 is 3.00 bits per heavy atom. The largest absolute Gasteiger partial charge is 0.369 e. The summed E-state index contributed by atoms with van der Waals surface area (Å²) in [5.41, 5.74) is 13.3. The van der Waals surface area contributed by atoms with Crippen LogP contribution in [0, 0.1) is 12.8 Å². The minimum Gasteiger partial charge on any atom is -0.369 e. The summed E-state index contributed by atoms with van der Waals surface area (Å²) in [5, 5.41) is 0. The Morgan fingerprint density at radius 2 is 2.41 bits per heavy atom. The third-order valence-corrected chi connectivity index (χ3v) is 3.36. The van der Waals surface area contributed by atoms with Gasteiger partial charge in [0.25, 0.3) is 0 Å². The lowest BCUT2D eigenvalue weighted by molar-refractivity contribution is -0.121. The molecular formula is C12H18N4O. The highest BCUT2D eigenvalue weighted by atomic mass is 16.1. The smallest absolute Gasteiger partial charge is 0.222 e. The number of carbonyl (C=O) groups excluding carboxylic acids is 1. The maximum absolute atomic E-state index is 11.2. The number of primary amides is 1. The van der Waals surface area contributed by atoms with Gasteiger partial charge in [0.1, 0.15) is 5.82 Å². The van der Waals surface area contributed by atoms with Gasteiger partial charge in [0.2, 0.25) is 5.91 Å². The highest BCUT2D eigenvalue weighted by Gasteiger charge is 2.28. The van der Waals surface area contributed by atoms with E-state index >= 15 is 0 Å². The van der Waals surface area contributed by atoms with Gasteiger partial charge in [-0.2, -0.15) is 0 Å². The van der Waals surface area contributed by atoms with Crippen LogP contribution in [-0.4, -0.2) is 24.0 Å². The predicted octanol–water partition coefficient (Wildman–Crippen LogP) is 0.160. The molecule has 0 saturated carbocycles.